The Morgan fingerprint density at radius 3 is 2.83 bits per heavy atom. The molecule has 0 aromatic rings. The van der Waals surface area contributed by atoms with Crippen molar-refractivity contribution in [1.29, 1.82) is 0 Å². The number of rotatable bonds is 1. The molecule has 0 aromatic carbocycles. The molecule has 1 saturated heterocycles. The molecule has 1 rings (SSSR count). The second kappa shape index (κ2) is 5.60. The van der Waals surface area contributed by atoms with Gasteiger partial charge in [0.05, 0.1) is 0 Å². The number of nitrogens with zero attached hydrogens (tertiary/aromatic N) is 1. The van der Waals surface area contributed by atoms with Crippen LogP contribution in [0.1, 0.15) is 0 Å². The topological polar surface area (TPSA) is 50.7 Å². The second-order valence-corrected chi connectivity index (χ2v) is 5.62. The van der Waals surface area contributed by atoms with Gasteiger partial charge in [-0.25, -0.2) is 4.79 Å². The van der Waals surface area contributed by atoms with Crippen molar-refractivity contribution in [2.24, 2.45) is 5.16 Å². The van der Waals surface area contributed by atoms with E-state index in [1.54, 1.807) is 23.5 Å². The molecule has 0 aliphatic carbocycles. The number of nitrogens with one attached hydrogen (secondary N) is 1. The van der Waals surface area contributed by atoms with E-state index >= 15 is 0 Å². The Bertz CT molecular complexity index is 189. The molecule has 0 radical (unpaired) electrons. The maximum absolute atomic E-state index is 10.6. The number of hydrogen-bond donors (Lipinski definition) is 1. The fourth-order valence-electron chi connectivity index (χ4n) is 0.437. The van der Waals surface area contributed by atoms with Crippen molar-refractivity contribution < 1.29 is 9.63 Å². The van der Waals surface area contributed by atoms with Gasteiger partial charge in [0.15, 0.2) is 4.38 Å². The third kappa shape index (κ3) is 3.59. The van der Waals surface area contributed by atoms with Gasteiger partial charge in [0.1, 0.15) is 0 Å². The van der Waals surface area contributed by atoms with Crippen molar-refractivity contribution in [3.8, 4) is 0 Å². The summed E-state index contributed by atoms with van der Waals surface area (Å²) in [5.74, 6) is 0. The molecule has 0 bridgehead atoms. The van der Waals surface area contributed by atoms with Crippen molar-refractivity contribution in [3.05, 3.63) is 0 Å². The van der Waals surface area contributed by atoms with E-state index in [4.69, 9.17) is 0 Å². The summed E-state index contributed by atoms with van der Waals surface area (Å²) in [4.78, 5) is 15.1. The summed E-state index contributed by atoms with van der Waals surface area (Å²) in [6.07, 6.45) is -0.526. The Kier molecular flexibility index (Phi) is 4.70. The van der Waals surface area contributed by atoms with Crippen LogP contribution in [0.4, 0.5) is 4.79 Å². The smallest absolute Gasteiger partial charge is 0.323 e. The first kappa shape index (κ1) is 10.1. The van der Waals surface area contributed by atoms with Crippen LogP contribution < -0.4 is 5.32 Å². The van der Waals surface area contributed by atoms with E-state index in [0.29, 0.717) is 0 Å². The minimum Gasteiger partial charge on any atom is -0.323 e. The van der Waals surface area contributed by atoms with Gasteiger partial charge in [-0.05, 0) is 0 Å². The molecule has 0 atom stereocenters. The maximum Gasteiger partial charge on any atom is 0.433 e. The normalized spacial score (nSPS) is 16.9. The minimum atomic E-state index is -0.526. The number of thioether (sulfide) groups is 3. The Hall–Kier alpha value is -0.0100. The number of hydrogen-bond acceptors (Lipinski definition) is 6. The maximum atomic E-state index is 10.6. The molecule has 1 aliphatic rings. The first-order chi connectivity index (χ1) is 5.83. The lowest BCUT2D eigenvalue weighted by Crippen LogP contribution is -2.17. The third-order valence-electron chi connectivity index (χ3n) is 0.939. The monoisotopic (exact) mass is 224 g/mol. The highest BCUT2D eigenvalue weighted by Gasteiger charge is 2.09. The lowest BCUT2D eigenvalue weighted by molar-refractivity contribution is 0.154. The predicted octanol–water partition coefficient (Wildman–Crippen LogP) is 1.74. The van der Waals surface area contributed by atoms with Gasteiger partial charge in [-0.3, -0.25) is 4.84 Å². The fraction of sp³-hybridized carbons (Fsp3) is 0.600. The summed E-state index contributed by atoms with van der Waals surface area (Å²) < 4.78 is 0.817. The molecule has 0 aromatic heterocycles. The van der Waals surface area contributed by atoms with Gasteiger partial charge in [-0.15, -0.1) is 11.8 Å². The van der Waals surface area contributed by atoms with Crippen molar-refractivity contribution in [2.75, 3.05) is 17.2 Å². The molecule has 0 unspecified atom stereocenters. The number of carbonyl (C=O) groups excluding carboxylic acids is 1. The van der Waals surface area contributed by atoms with E-state index in [1.807, 2.05) is 11.8 Å². The highest BCUT2D eigenvalue weighted by molar-refractivity contribution is 8.48. The highest BCUT2D eigenvalue weighted by atomic mass is 32.3. The van der Waals surface area contributed by atoms with Crippen LogP contribution in [-0.4, -0.2) is 27.7 Å². The molecule has 1 heterocycles. The second-order valence-electron chi connectivity index (χ2n) is 1.71. The molecule has 0 saturated carbocycles. The number of oxime groups is 1. The van der Waals surface area contributed by atoms with E-state index in [9.17, 15) is 4.79 Å². The summed E-state index contributed by atoms with van der Waals surface area (Å²) in [5.41, 5.74) is 0. The molecule has 68 valence electrons. The van der Waals surface area contributed by atoms with Crippen LogP contribution >= 0.6 is 35.3 Å². The molecule has 12 heavy (non-hydrogen) atoms. The van der Waals surface area contributed by atoms with Gasteiger partial charge >= 0.3 is 6.09 Å². The summed E-state index contributed by atoms with van der Waals surface area (Å²) in [7, 11) is 1.50. The fourth-order valence-corrected chi connectivity index (χ4v) is 4.17. The third-order valence-corrected chi connectivity index (χ3v) is 4.56. The van der Waals surface area contributed by atoms with Crippen LogP contribution in [0.2, 0.25) is 0 Å². The Balaban J connectivity index is 2.29. The van der Waals surface area contributed by atoms with Crippen LogP contribution in [0.3, 0.4) is 0 Å². The molecular weight excluding hydrogens is 216 g/mol. The van der Waals surface area contributed by atoms with Crippen LogP contribution in [-0.2, 0) is 4.84 Å². The molecule has 1 aliphatic heterocycles. The van der Waals surface area contributed by atoms with Crippen LogP contribution in [0.5, 0.6) is 0 Å². The molecule has 0 spiro atoms. The lowest BCUT2D eigenvalue weighted by Gasteiger charge is -2.09. The Labute approximate surface area is 83.2 Å². The minimum absolute atomic E-state index is 0.526. The number of carbonyl (C=O) groups is 1. The van der Waals surface area contributed by atoms with Gasteiger partial charge in [0.2, 0.25) is 0 Å². The van der Waals surface area contributed by atoms with Crippen LogP contribution in [0.15, 0.2) is 5.16 Å². The summed E-state index contributed by atoms with van der Waals surface area (Å²) in [6.45, 7) is 0. The Morgan fingerprint density at radius 1 is 1.58 bits per heavy atom. The first-order valence-corrected chi connectivity index (χ1v) is 6.25. The highest BCUT2D eigenvalue weighted by Crippen LogP contribution is 2.31. The van der Waals surface area contributed by atoms with Crippen LogP contribution in [0, 0.1) is 0 Å². The van der Waals surface area contributed by atoms with E-state index in [2.05, 4.69) is 15.3 Å². The summed E-state index contributed by atoms with van der Waals surface area (Å²) in [5, 5.41) is 7.93. The molecule has 1 N–H and O–H groups in total. The lowest BCUT2D eigenvalue weighted by atomic mass is 11.1. The first-order valence-electron chi connectivity index (χ1n) is 3.13. The van der Waals surface area contributed by atoms with Crippen LogP contribution in [0.25, 0.3) is 0 Å². The van der Waals surface area contributed by atoms with Gasteiger partial charge in [0, 0.05) is 17.2 Å². The average Bonchev–Trinajstić information content (AvgIpc) is 2.16. The number of amides is 1. The van der Waals surface area contributed by atoms with E-state index in [0.717, 1.165) is 14.5 Å². The van der Waals surface area contributed by atoms with Gasteiger partial charge < -0.3 is 5.32 Å². The van der Waals surface area contributed by atoms with Gasteiger partial charge in [-0.2, -0.15) is 0 Å². The van der Waals surface area contributed by atoms with Gasteiger partial charge in [-0.1, -0.05) is 28.7 Å². The standard InChI is InChI=1S/C5H8N2O2S3/c1-6-4(8)9-7-5-11-2-10-3-12-5/h2-3H2,1H3,(H,6,8). The van der Waals surface area contributed by atoms with E-state index in [-0.39, 0.29) is 0 Å². The quantitative estimate of drug-likeness (QED) is 0.543. The Morgan fingerprint density at radius 2 is 2.25 bits per heavy atom. The van der Waals surface area contributed by atoms with Crippen molar-refractivity contribution in [1.82, 2.24) is 5.32 Å². The van der Waals surface area contributed by atoms with E-state index < -0.39 is 6.09 Å². The molecule has 1 fully saturated rings. The zero-order chi connectivity index (χ0) is 8.81. The van der Waals surface area contributed by atoms with Crippen molar-refractivity contribution in [2.45, 2.75) is 0 Å². The van der Waals surface area contributed by atoms with Crippen molar-refractivity contribution in [3.63, 3.8) is 0 Å². The predicted molar refractivity (Wildman–Crippen MR) is 55.5 cm³/mol. The zero-order valence-corrected chi connectivity index (χ0v) is 8.85. The van der Waals surface area contributed by atoms with Gasteiger partial charge in [0.25, 0.3) is 0 Å². The molecule has 4 nitrogen and oxygen atoms in total. The average molecular weight is 224 g/mol. The molecule has 1 amide bonds. The zero-order valence-electron chi connectivity index (χ0n) is 6.40. The molecule has 7 heteroatoms. The SMILES string of the molecule is CNC(=O)ON=C1SCSCS1. The van der Waals surface area contributed by atoms with Crippen molar-refractivity contribution >= 4 is 45.8 Å². The summed E-state index contributed by atoms with van der Waals surface area (Å²) >= 11 is 5.00. The largest absolute Gasteiger partial charge is 0.433 e. The van der Waals surface area contributed by atoms with E-state index in [1.165, 1.54) is 7.05 Å². The molecular formula is C5H8N2O2S3. The summed E-state index contributed by atoms with van der Waals surface area (Å²) in [6, 6.07) is 0.